The van der Waals surface area contributed by atoms with Crippen LogP contribution in [0.1, 0.15) is 0 Å². The van der Waals surface area contributed by atoms with E-state index in [9.17, 15) is 0 Å². The molecule has 0 aliphatic heterocycles. The Labute approximate surface area is 335 Å². The van der Waals surface area contributed by atoms with E-state index in [2.05, 4.69) is 205 Å². The zero-order valence-corrected chi connectivity index (χ0v) is 31.8. The maximum atomic E-state index is 6.24. The maximum Gasteiger partial charge on any atom is 0.135 e. The van der Waals surface area contributed by atoms with E-state index in [1.165, 1.54) is 48.0 Å². The number of hydrogen-bond acceptors (Lipinski definition) is 3. The van der Waals surface area contributed by atoms with Crippen molar-refractivity contribution in [2.45, 2.75) is 0 Å². The summed E-state index contributed by atoms with van der Waals surface area (Å²) >= 11 is 1.86. The number of anilines is 3. The molecule has 0 atom stereocenters. The van der Waals surface area contributed by atoms with E-state index in [0.29, 0.717) is 0 Å². The molecule has 2 nitrogen and oxygen atoms in total. The number of benzene rings is 9. The van der Waals surface area contributed by atoms with Crippen LogP contribution in [-0.4, -0.2) is 0 Å². The van der Waals surface area contributed by atoms with Gasteiger partial charge in [-0.2, -0.15) is 0 Å². The molecule has 11 rings (SSSR count). The Hall–Kier alpha value is -7.20. The van der Waals surface area contributed by atoms with Gasteiger partial charge in [-0.1, -0.05) is 152 Å². The molecule has 0 unspecified atom stereocenters. The molecule has 2 aromatic heterocycles. The molecule has 0 saturated carbocycles. The zero-order chi connectivity index (χ0) is 37.7. The predicted octanol–water partition coefficient (Wildman–Crippen LogP) is 16.1. The van der Waals surface area contributed by atoms with E-state index < -0.39 is 0 Å². The highest BCUT2D eigenvalue weighted by molar-refractivity contribution is 7.26. The van der Waals surface area contributed by atoms with E-state index >= 15 is 0 Å². The molecule has 0 aliphatic carbocycles. The van der Waals surface area contributed by atoms with Crippen molar-refractivity contribution in [3.63, 3.8) is 0 Å². The molecule has 57 heavy (non-hydrogen) atoms. The Morgan fingerprint density at radius 1 is 0.316 bits per heavy atom. The Morgan fingerprint density at radius 3 is 1.56 bits per heavy atom. The van der Waals surface area contributed by atoms with E-state index in [4.69, 9.17) is 4.42 Å². The average Bonchev–Trinajstić information content (AvgIpc) is 3.86. The lowest BCUT2D eigenvalue weighted by atomic mass is 9.96. The first-order valence-corrected chi connectivity index (χ1v) is 20.1. The molecule has 0 saturated heterocycles. The van der Waals surface area contributed by atoms with Gasteiger partial charge in [0.2, 0.25) is 0 Å². The fourth-order valence-electron chi connectivity index (χ4n) is 8.23. The number of para-hydroxylation sites is 1. The molecular weight excluding hydrogens is 711 g/mol. The highest BCUT2D eigenvalue weighted by Gasteiger charge is 2.20. The lowest BCUT2D eigenvalue weighted by Crippen LogP contribution is -2.10. The molecule has 3 heteroatoms. The van der Waals surface area contributed by atoms with E-state index in [1.807, 2.05) is 23.5 Å². The summed E-state index contributed by atoms with van der Waals surface area (Å²) in [5.41, 5.74) is 14.6. The first kappa shape index (κ1) is 33.2. The van der Waals surface area contributed by atoms with Crippen LogP contribution in [0.25, 0.3) is 86.6 Å². The van der Waals surface area contributed by atoms with Crippen LogP contribution < -0.4 is 4.90 Å². The first-order valence-electron chi connectivity index (χ1n) is 19.3. The summed E-state index contributed by atoms with van der Waals surface area (Å²) in [5, 5.41) is 4.80. The summed E-state index contributed by atoms with van der Waals surface area (Å²) in [4.78, 5) is 2.45. The van der Waals surface area contributed by atoms with Crippen molar-refractivity contribution in [1.82, 2.24) is 0 Å². The Morgan fingerprint density at radius 2 is 0.842 bits per heavy atom. The minimum absolute atomic E-state index is 0.896. The highest BCUT2D eigenvalue weighted by atomic mass is 32.1. The molecule has 9 aromatic carbocycles. The summed E-state index contributed by atoms with van der Waals surface area (Å²) in [6.45, 7) is 0. The normalized spacial score (nSPS) is 11.5. The number of nitrogens with zero attached hydrogens (tertiary/aromatic N) is 1. The van der Waals surface area contributed by atoms with Gasteiger partial charge < -0.3 is 9.32 Å². The van der Waals surface area contributed by atoms with Gasteiger partial charge in [-0.3, -0.25) is 0 Å². The van der Waals surface area contributed by atoms with E-state index in [-0.39, 0.29) is 0 Å². The fourth-order valence-corrected chi connectivity index (χ4v) is 9.44. The van der Waals surface area contributed by atoms with Crippen LogP contribution in [0.15, 0.2) is 217 Å². The molecule has 0 bridgehead atoms. The van der Waals surface area contributed by atoms with Crippen molar-refractivity contribution in [3.8, 4) is 44.5 Å². The molecule has 0 aliphatic rings. The molecule has 0 N–H and O–H groups in total. The van der Waals surface area contributed by atoms with Crippen LogP contribution in [0.2, 0.25) is 0 Å². The second-order valence-electron chi connectivity index (χ2n) is 14.5. The van der Waals surface area contributed by atoms with Crippen LogP contribution in [0.3, 0.4) is 0 Å². The summed E-state index contributed by atoms with van der Waals surface area (Å²) in [6.07, 6.45) is 0. The Kier molecular flexibility index (Phi) is 8.04. The quantitative estimate of drug-likeness (QED) is 0.162. The van der Waals surface area contributed by atoms with E-state index in [0.717, 1.165) is 55.7 Å². The van der Waals surface area contributed by atoms with Crippen LogP contribution in [0.4, 0.5) is 17.1 Å². The number of furan rings is 1. The highest BCUT2D eigenvalue weighted by Crippen LogP contribution is 2.47. The third-order valence-corrected chi connectivity index (χ3v) is 12.3. The van der Waals surface area contributed by atoms with Gasteiger partial charge in [0.05, 0.1) is 10.4 Å². The van der Waals surface area contributed by atoms with Crippen LogP contribution in [0.5, 0.6) is 0 Å². The van der Waals surface area contributed by atoms with Crippen LogP contribution in [-0.2, 0) is 0 Å². The van der Waals surface area contributed by atoms with Gasteiger partial charge >= 0.3 is 0 Å². The summed E-state index contributed by atoms with van der Waals surface area (Å²) < 4.78 is 8.79. The van der Waals surface area contributed by atoms with Gasteiger partial charge in [0, 0.05) is 37.6 Å². The second-order valence-corrected chi connectivity index (χ2v) is 15.6. The van der Waals surface area contributed by atoms with Gasteiger partial charge in [-0.05, 0) is 105 Å². The molecule has 0 amide bonds. The van der Waals surface area contributed by atoms with Crippen molar-refractivity contribution in [2.75, 3.05) is 4.90 Å². The molecule has 0 fully saturated rings. The van der Waals surface area contributed by atoms with Crippen molar-refractivity contribution in [2.24, 2.45) is 0 Å². The minimum atomic E-state index is 0.896. The lowest BCUT2D eigenvalue weighted by molar-refractivity contribution is 0.669. The molecular formula is C54H35NOS. The molecule has 11 aromatic rings. The van der Waals surface area contributed by atoms with Crippen molar-refractivity contribution < 1.29 is 4.42 Å². The van der Waals surface area contributed by atoms with Crippen molar-refractivity contribution >= 4 is 70.5 Å². The Bertz CT molecular complexity index is 3210. The van der Waals surface area contributed by atoms with E-state index in [1.54, 1.807) is 0 Å². The van der Waals surface area contributed by atoms with Gasteiger partial charge in [-0.25, -0.2) is 0 Å². The second kappa shape index (κ2) is 13.8. The molecule has 0 spiro atoms. The molecule has 268 valence electrons. The SMILES string of the molecule is c1ccc(-c2ccc(-c3ccc(N(c4cc(-c5ccccc5)cc(-c5ccc6oc7ccccc7c6c5)c4)c4cccc5c4sc4ccccc45)cc3)cc2)cc1. The van der Waals surface area contributed by atoms with Crippen LogP contribution in [0, 0.1) is 0 Å². The summed E-state index contributed by atoms with van der Waals surface area (Å²) in [6, 6.07) is 76.6. The zero-order valence-electron chi connectivity index (χ0n) is 31.0. The van der Waals surface area contributed by atoms with Gasteiger partial charge in [-0.15, -0.1) is 11.3 Å². The smallest absolute Gasteiger partial charge is 0.135 e. The summed E-state index contributed by atoms with van der Waals surface area (Å²) in [5.74, 6) is 0. The summed E-state index contributed by atoms with van der Waals surface area (Å²) in [7, 11) is 0. The number of thiophene rings is 1. The fraction of sp³-hybridized carbons (Fsp3) is 0. The first-order chi connectivity index (χ1) is 28.2. The topological polar surface area (TPSA) is 16.4 Å². The third-order valence-electron chi connectivity index (χ3n) is 11.1. The minimum Gasteiger partial charge on any atom is -0.456 e. The maximum absolute atomic E-state index is 6.24. The van der Waals surface area contributed by atoms with Gasteiger partial charge in [0.25, 0.3) is 0 Å². The molecule has 2 heterocycles. The van der Waals surface area contributed by atoms with Gasteiger partial charge in [0.1, 0.15) is 11.2 Å². The average molecular weight is 746 g/mol. The monoisotopic (exact) mass is 745 g/mol. The van der Waals surface area contributed by atoms with Gasteiger partial charge in [0.15, 0.2) is 0 Å². The number of hydrogen-bond donors (Lipinski definition) is 0. The lowest BCUT2D eigenvalue weighted by Gasteiger charge is -2.27. The Balaban J connectivity index is 1.10. The number of fused-ring (bicyclic) bond motifs is 6. The predicted molar refractivity (Wildman–Crippen MR) is 243 cm³/mol. The molecule has 0 radical (unpaired) electrons. The largest absolute Gasteiger partial charge is 0.456 e. The third kappa shape index (κ3) is 5.97. The van der Waals surface area contributed by atoms with Crippen LogP contribution >= 0.6 is 11.3 Å². The number of rotatable bonds is 7. The standard InChI is InChI=1S/C54H35NOS/c1-3-12-36(13-4-1)38-22-24-39(25-23-38)40-26-29-44(30-27-40)55(50-19-11-18-48-47-17-8-10-21-53(47)57-54(48)50)45-33-42(37-14-5-2-6-15-37)32-43(34-45)41-28-31-52-49(35-41)46-16-7-9-20-51(46)56-52/h1-35H. The van der Waals surface area contributed by atoms with Crippen molar-refractivity contribution in [1.29, 1.82) is 0 Å². The van der Waals surface area contributed by atoms with Crippen molar-refractivity contribution in [3.05, 3.63) is 212 Å².